The molecule has 0 aromatic heterocycles. The lowest BCUT2D eigenvalue weighted by atomic mass is 10.1. The van der Waals surface area contributed by atoms with Crippen molar-refractivity contribution in [1.29, 1.82) is 0 Å². The zero-order valence-corrected chi connectivity index (χ0v) is 19.4. The van der Waals surface area contributed by atoms with Crippen LogP contribution >= 0.6 is 11.6 Å². The largest absolute Gasteiger partial charge is 0.502 e. The summed E-state index contributed by atoms with van der Waals surface area (Å²) in [7, 11) is -4.27. The lowest BCUT2D eigenvalue weighted by Gasteiger charge is -2.30. The summed E-state index contributed by atoms with van der Waals surface area (Å²) in [6.07, 6.45) is 0.555. The molecule has 176 valence electrons. The number of aliphatic hydroxyl groups is 1. The molecule has 0 radical (unpaired) electrons. The van der Waals surface area contributed by atoms with Gasteiger partial charge in [0.1, 0.15) is 10.7 Å². The predicted molar refractivity (Wildman–Crippen MR) is 121 cm³/mol. The molecular formula is C23H24ClFN2O5S. The van der Waals surface area contributed by atoms with Crippen LogP contribution in [0.1, 0.15) is 18.0 Å². The van der Waals surface area contributed by atoms with Crippen LogP contribution in [0, 0.1) is 5.82 Å². The molecule has 10 heteroatoms. The Kier molecular flexibility index (Phi) is 7.04. The molecule has 2 aromatic carbocycles. The van der Waals surface area contributed by atoms with Crippen LogP contribution in [-0.2, 0) is 19.4 Å². The molecule has 0 bridgehead atoms. The van der Waals surface area contributed by atoms with Crippen molar-refractivity contribution < 1.29 is 27.4 Å². The number of ether oxygens (including phenoxy) is 1. The normalized spacial score (nSPS) is 20.0. The van der Waals surface area contributed by atoms with E-state index in [1.165, 1.54) is 47.4 Å². The van der Waals surface area contributed by atoms with Gasteiger partial charge in [-0.15, -0.1) is 0 Å². The number of nitrogens with zero attached hydrogens (tertiary/aromatic N) is 2. The maximum Gasteiger partial charge on any atom is 0.290 e. The number of morpholine rings is 1. The van der Waals surface area contributed by atoms with E-state index in [0.717, 1.165) is 13.1 Å². The summed E-state index contributed by atoms with van der Waals surface area (Å²) >= 11 is 5.89. The van der Waals surface area contributed by atoms with Crippen LogP contribution in [0.15, 0.2) is 64.1 Å². The molecule has 1 fully saturated rings. The summed E-state index contributed by atoms with van der Waals surface area (Å²) in [6.45, 7) is 3.72. The average Bonchev–Trinajstić information content (AvgIpc) is 3.06. The monoisotopic (exact) mass is 494 g/mol. The third-order valence-electron chi connectivity index (χ3n) is 5.81. The third kappa shape index (κ3) is 4.91. The number of sulfone groups is 1. The van der Waals surface area contributed by atoms with Crippen molar-refractivity contribution in [3.05, 3.63) is 75.6 Å². The lowest BCUT2D eigenvalue weighted by Crippen LogP contribution is -2.39. The van der Waals surface area contributed by atoms with E-state index in [0.29, 0.717) is 31.2 Å². The van der Waals surface area contributed by atoms with Crippen molar-refractivity contribution in [2.75, 3.05) is 39.4 Å². The lowest BCUT2D eigenvalue weighted by molar-refractivity contribution is -0.129. The Labute approximate surface area is 196 Å². The van der Waals surface area contributed by atoms with E-state index in [4.69, 9.17) is 16.3 Å². The number of aliphatic hydroxyl groups excluding tert-OH is 1. The number of halogens is 2. The van der Waals surface area contributed by atoms with Gasteiger partial charge in [0, 0.05) is 31.2 Å². The van der Waals surface area contributed by atoms with Crippen LogP contribution in [0.3, 0.4) is 0 Å². The van der Waals surface area contributed by atoms with Gasteiger partial charge in [-0.1, -0.05) is 23.7 Å². The molecule has 7 nitrogen and oxygen atoms in total. The van der Waals surface area contributed by atoms with Crippen molar-refractivity contribution in [2.45, 2.75) is 17.4 Å². The molecule has 2 aliphatic heterocycles. The van der Waals surface area contributed by atoms with Gasteiger partial charge in [-0.2, -0.15) is 0 Å². The predicted octanol–water partition coefficient (Wildman–Crippen LogP) is 3.33. The smallest absolute Gasteiger partial charge is 0.290 e. The summed E-state index contributed by atoms with van der Waals surface area (Å²) in [4.78, 5) is 15.9. The first-order valence-corrected chi connectivity index (χ1v) is 12.5. The average molecular weight is 495 g/mol. The summed E-state index contributed by atoms with van der Waals surface area (Å²) in [5, 5.41) is 11.0. The van der Waals surface area contributed by atoms with E-state index in [1.54, 1.807) is 6.07 Å². The minimum absolute atomic E-state index is 0.113. The zero-order valence-electron chi connectivity index (χ0n) is 17.8. The van der Waals surface area contributed by atoms with Crippen LogP contribution in [0.5, 0.6) is 0 Å². The van der Waals surface area contributed by atoms with Gasteiger partial charge >= 0.3 is 0 Å². The Morgan fingerprint density at radius 1 is 1.09 bits per heavy atom. The van der Waals surface area contributed by atoms with Gasteiger partial charge in [-0.25, -0.2) is 12.8 Å². The van der Waals surface area contributed by atoms with E-state index in [1.807, 2.05) is 0 Å². The second-order valence-electron chi connectivity index (χ2n) is 7.93. The zero-order chi connectivity index (χ0) is 23.6. The number of amides is 1. The van der Waals surface area contributed by atoms with Crippen molar-refractivity contribution in [1.82, 2.24) is 9.80 Å². The standard InChI is InChI=1S/C23H24ClFN2O5S/c24-17-5-7-19(8-6-17)33(30,31)22-20(16-3-1-4-18(25)15-16)27(23(29)21(22)28)10-2-9-26-11-13-32-14-12-26/h1,3-8,15,20,28H,2,9-14H2/t20-/m0/s1. The summed E-state index contributed by atoms with van der Waals surface area (Å²) in [6, 6.07) is 9.73. The van der Waals surface area contributed by atoms with Crippen LogP contribution < -0.4 is 0 Å². The Hall–Kier alpha value is -2.46. The molecule has 0 spiro atoms. The van der Waals surface area contributed by atoms with Gasteiger partial charge in [0.25, 0.3) is 5.91 Å². The number of carbonyl (C=O) groups is 1. The number of hydrogen-bond acceptors (Lipinski definition) is 6. The van der Waals surface area contributed by atoms with Gasteiger partial charge in [0.2, 0.25) is 9.84 Å². The molecule has 1 amide bonds. The Morgan fingerprint density at radius 3 is 2.45 bits per heavy atom. The first-order valence-electron chi connectivity index (χ1n) is 10.6. The molecule has 2 aliphatic rings. The van der Waals surface area contributed by atoms with E-state index >= 15 is 0 Å². The number of hydrogen-bond donors (Lipinski definition) is 1. The fraction of sp³-hybridized carbons (Fsp3) is 0.348. The number of rotatable bonds is 7. The third-order valence-corrected chi connectivity index (χ3v) is 7.95. The maximum atomic E-state index is 14.1. The van der Waals surface area contributed by atoms with Gasteiger partial charge in [-0.3, -0.25) is 9.69 Å². The second-order valence-corrected chi connectivity index (χ2v) is 10.3. The molecule has 1 saturated heterocycles. The molecule has 33 heavy (non-hydrogen) atoms. The molecule has 0 saturated carbocycles. The van der Waals surface area contributed by atoms with Gasteiger partial charge in [0.05, 0.1) is 24.2 Å². The molecule has 4 rings (SSSR count). The molecule has 1 N–H and O–H groups in total. The molecule has 2 aromatic rings. The molecule has 0 unspecified atom stereocenters. The fourth-order valence-electron chi connectivity index (χ4n) is 4.17. The van der Waals surface area contributed by atoms with Crippen LogP contribution in [0.2, 0.25) is 5.02 Å². The second kappa shape index (κ2) is 9.80. The molecule has 1 atom stereocenters. The Bertz CT molecular complexity index is 1160. The summed E-state index contributed by atoms with van der Waals surface area (Å²) < 4.78 is 46.4. The van der Waals surface area contributed by atoms with E-state index in [9.17, 15) is 22.7 Å². The van der Waals surface area contributed by atoms with Crippen molar-refractivity contribution in [2.24, 2.45) is 0 Å². The van der Waals surface area contributed by atoms with Crippen molar-refractivity contribution in [3.63, 3.8) is 0 Å². The van der Waals surface area contributed by atoms with Gasteiger partial charge in [-0.05, 0) is 48.4 Å². The molecular weight excluding hydrogens is 471 g/mol. The van der Waals surface area contributed by atoms with Gasteiger partial charge < -0.3 is 14.7 Å². The highest BCUT2D eigenvalue weighted by Gasteiger charge is 2.46. The van der Waals surface area contributed by atoms with Crippen LogP contribution in [-0.4, -0.2) is 68.6 Å². The van der Waals surface area contributed by atoms with E-state index in [2.05, 4.69) is 4.90 Å². The minimum Gasteiger partial charge on any atom is -0.502 e. The molecule has 0 aliphatic carbocycles. The maximum absolute atomic E-state index is 14.1. The highest BCUT2D eigenvalue weighted by molar-refractivity contribution is 7.95. The fourth-order valence-corrected chi connectivity index (χ4v) is 5.95. The Balaban J connectivity index is 1.68. The van der Waals surface area contributed by atoms with Gasteiger partial charge in [0.15, 0.2) is 5.76 Å². The quantitative estimate of drug-likeness (QED) is 0.635. The van der Waals surface area contributed by atoms with Crippen LogP contribution in [0.4, 0.5) is 4.39 Å². The topological polar surface area (TPSA) is 87.1 Å². The van der Waals surface area contributed by atoms with Crippen molar-refractivity contribution in [3.8, 4) is 0 Å². The highest BCUT2D eigenvalue weighted by Crippen LogP contribution is 2.42. The minimum atomic E-state index is -4.27. The van der Waals surface area contributed by atoms with E-state index in [-0.39, 0.29) is 17.0 Å². The number of carbonyl (C=O) groups excluding carboxylic acids is 1. The summed E-state index contributed by atoms with van der Waals surface area (Å²) in [5.41, 5.74) is 0.270. The first-order chi connectivity index (χ1) is 15.8. The first kappa shape index (κ1) is 23.7. The SMILES string of the molecule is O=C1C(O)=C(S(=O)(=O)c2ccc(Cl)cc2)[C@H](c2cccc(F)c2)N1CCCN1CCOCC1. The highest BCUT2D eigenvalue weighted by atomic mass is 35.5. The van der Waals surface area contributed by atoms with E-state index < -0.39 is 38.3 Å². The summed E-state index contributed by atoms with van der Waals surface area (Å²) in [5.74, 6) is -2.20. The Morgan fingerprint density at radius 2 is 1.79 bits per heavy atom. The van der Waals surface area contributed by atoms with Crippen LogP contribution in [0.25, 0.3) is 0 Å². The number of benzene rings is 2. The van der Waals surface area contributed by atoms with Crippen molar-refractivity contribution >= 4 is 27.3 Å². The molecule has 2 heterocycles.